The van der Waals surface area contributed by atoms with Gasteiger partial charge in [0.25, 0.3) is 26.5 Å². The fraction of sp³-hybridized carbons (Fsp3) is 0.276. The third kappa shape index (κ3) is 6.98. The van der Waals surface area contributed by atoms with E-state index >= 15 is 0 Å². The normalized spacial score (nSPS) is 11.7. The van der Waals surface area contributed by atoms with E-state index in [0.29, 0.717) is 12.8 Å². The van der Waals surface area contributed by atoms with Gasteiger partial charge in [-0.05, 0) is 49.6 Å². The van der Waals surface area contributed by atoms with E-state index in [2.05, 4.69) is 5.73 Å². The highest BCUT2D eigenvalue weighted by molar-refractivity contribution is 8.04. The zero-order chi connectivity index (χ0) is 27.8. The Morgan fingerprint density at radius 1 is 0.763 bits per heavy atom. The molecule has 0 aromatic heterocycles. The van der Waals surface area contributed by atoms with E-state index in [1.807, 2.05) is 13.8 Å². The third-order valence-electron chi connectivity index (χ3n) is 5.87. The second-order valence-electron chi connectivity index (χ2n) is 8.80. The van der Waals surface area contributed by atoms with E-state index < -0.39 is 32.0 Å². The molecule has 0 aliphatic carbocycles. The maximum Gasteiger partial charge on any atom is 0.277 e. The van der Waals surface area contributed by atoms with Crippen LogP contribution in [0.15, 0.2) is 106 Å². The Morgan fingerprint density at radius 3 is 1.71 bits per heavy atom. The van der Waals surface area contributed by atoms with E-state index in [0.717, 1.165) is 18.4 Å². The lowest BCUT2D eigenvalue weighted by molar-refractivity contribution is 0.215. The van der Waals surface area contributed by atoms with Gasteiger partial charge in [-0.3, -0.25) is 0 Å². The molecule has 3 aromatic rings. The standard InChI is InChI=1S/C29H31F2NO4S2/c1-3-4-5-8-13-25(22-28(29(30)31)24-20-18-23(2)19-21-24)32(37(33,34)26-14-9-6-10-15-26)38(35,36)27-16-11-7-12-17-27/h6-7,9-12,14-21,29H,3-5,8,13H2,1-2H3. The second kappa shape index (κ2) is 13.0. The Balaban J connectivity index is 2.37. The molecule has 0 fully saturated rings. The molecule has 0 aliphatic rings. The van der Waals surface area contributed by atoms with Crippen molar-refractivity contribution in [1.82, 2.24) is 3.71 Å². The van der Waals surface area contributed by atoms with Crippen molar-refractivity contribution in [2.45, 2.75) is 62.2 Å². The average molecular weight is 560 g/mol. The Kier molecular flexibility index (Phi) is 10.0. The summed E-state index contributed by atoms with van der Waals surface area (Å²) in [6.45, 7) is 3.81. The number of benzene rings is 3. The molecule has 0 N–H and O–H groups in total. The summed E-state index contributed by atoms with van der Waals surface area (Å²) in [5.74, 6) is 0. The van der Waals surface area contributed by atoms with Crippen LogP contribution < -0.4 is 0 Å². The molecule has 0 spiro atoms. The van der Waals surface area contributed by atoms with Gasteiger partial charge >= 0.3 is 0 Å². The van der Waals surface area contributed by atoms with Crippen LogP contribution in [0.5, 0.6) is 0 Å². The number of aryl methyl sites for hydroxylation is 1. The molecule has 202 valence electrons. The largest absolute Gasteiger partial charge is 0.277 e. The van der Waals surface area contributed by atoms with Crippen LogP contribution in [0, 0.1) is 6.92 Å². The number of nitrogens with zero attached hydrogens (tertiary/aromatic N) is 1. The maximum atomic E-state index is 14.4. The predicted octanol–water partition coefficient (Wildman–Crippen LogP) is 7.18. The average Bonchev–Trinajstić information content (AvgIpc) is 2.90. The number of rotatable bonds is 12. The Hall–Kier alpha value is -3.26. The summed E-state index contributed by atoms with van der Waals surface area (Å²) in [5, 5.41) is 0. The summed E-state index contributed by atoms with van der Waals surface area (Å²) >= 11 is 0. The first-order valence-corrected chi connectivity index (χ1v) is 15.2. The summed E-state index contributed by atoms with van der Waals surface area (Å²) in [5.41, 5.74) is 2.62. The van der Waals surface area contributed by atoms with Gasteiger partial charge in [0.2, 0.25) is 0 Å². The first-order chi connectivity index (χ1) is 18.1. The lowest BCUT2D eigenvalue weighted by Gasteiger charge is -2.25. The van der Waals surface area contributed by atoms with Crippen LogP contribution in [-0.4, -0.2) is 27.0 Å². The lowest BCUT2D eigenvalue weighted by atomic mass is 10.0. The van der Waals surface area contributed by atoms with Gasteiger partial charge < -0.3 is 0 Å². The molecule has 3 rings (SSSR count). The zero-order valence-electron chi connectivity index (χ0n) is 21.3. The van der Waals surface area contributed by atoms with Gasteiger partial charge in [-0.1, -0.05) is 98.1 Å². The van der Waals surface area contributed by atoms with Crippen LogP contribution in [0.4, 0.5) is 8.78 Å². The molecule has 0 saturated heterocycles. The van der Waals surface area contributed by atoms with Gasteiger partial charge in [-0.25, -0.2) is 25.6 Å². The number of halogens is 2. The molecule has 0 radical (unpaired) electrons. The van der Waals surface area contributed by atoms with Crippen LogP contribution in [0.2, 0.25) is 0 Å². The number of alkyl halides is 2. The summed E-state index contributed by atoms with van der Waals surface area (Å²) in [6.07, 6.45) is -0.334. The molecule has 0 atom stereocenters. The molecule has 38 heavy (non-hydrogen) atoms. The Morgan fingerprint density at radius 2 is 1.26 bits per heavy atom. The molecule has 0 unspecified atom stereocenters. The first-order valence-electron chi connectivity index (χ1n) is 12.3. The molecule has 0 amide bonds. The molecule has 0 aliphatic heterocycles. The smallest absolute Gasteiger partial charge is 0.204 e. The SMILES string of the molecule is CCCCCCC(=C=C(c1ccc(C)cc1)C(F)F)N(S(=O)(=O)c1ccccc1)S(=O)(=O)c1ccccc1. The van der Waals surface area contributed by atoms with Crippen molar-refractivity contribution in [3.05, 3.63) is 107 Å². The quantitative estimate of drug-likeness (QED) is 0.174. The molecular formula is C29H31F2NO4S2. The van der Waals surface area contributed by atoms with Crippen molar-refractivity contribution in [2.24, 2.45) is 0 Å². The molecule has 3 aromatic carbocycles. The monoisotopic (exact) mass is 559 g/mol. The molecule has 0 bridgehead atoms. The third-order valence-corrected chi connectivity index (χ3v) is 10.1. The van der Waals surface area contributed by atoms with Crippen LogP contribution in [0.25, 0.3) is 5.57 Å². The summed E-state index contributed by atoms with van der Waals surface area (Å²) in [7, 11) is -9.44. The summed E-state index contributed by atoms with van der Waals surface area (Å²) in [4.78, 5) is -0.553. The zero-order valence-corrected chi connectivity index (χ0v) is 23.0. The van der Waals surface area contributed by atoms with E-state index in [-0.39, 0.29) is 31.2 Å². The van der Waals surface area contributed by atoms with Gasteiger partial charge in [0.1, 0.15) is 0 Å². The highest BCUT2D eigenvalue weighted by Crippen LogP contribution is 2.32. The fourth-order valence-electron chi connectivity index (χ4n) is 3.86. The predicted molar refractivity (Wildman–Crippen MR) is 145 cm³/mol. The van der Waals surface area contributed by atoms with Gasteiger partial charge in [-0.15, -0.1) is 0 Å². The molecular weight excluding hydrogens is 528 g/mol. The van der Waals surface area contributed by atoms with Crippen LogP contribution >= 0.6 is 0 Å². The minimum absolute atomic E-state index is 0.0831. The fourth-order valence-corrected chi connectivity index (χ4v) is 7.64. The first kappa shape index (κ1) is 29.3. The summed E-state index contributed by atoms with van der Waals surface area (Å²) in [6, 6.07) is 20.4. The molecule has 5 nitrogen and oxygen atoms in total. The van der Waals surface area contributed by atoms with Crippen molar-refractivity contribution < 1.29 is 25.6 Å². The minimum Gasteiger partial charge on any atom is -0.204 e. The Bertz CT molecular complexity index is 1410. The van der Waals surface area contributed by atoms with E-state index in [1.54, 1.807) is 24.3 Å². The van der Waals surface area contributed by atoms with Crippen molar-refractivity contribution in [3.63, 3.8) is 0 Å². The van der Waals surface area contributed by atoms with Crippen molar-refractivity contribution >= 4 is 25.6 Å². The summed E-state index contributed by atoms with van der Waals surface area (Å²) < 4.78 is 84.6. The van der Waals surface area contributed by atoms with E-state index in [1.165, 1.54) is 60.7 Å². The van der Waals surface area contributed by atoms with E-state index in [9.17, 15) is 25.6 Å². The van der Waals surface area contributed by atoms with Gasteiger partial charge in [0.15, 0.2) is 0 Å². The highest BCUT2D eigenvalue weighted by Gasteiger charge is 2.38. The number of sulfonamides is 2. The topological polar surface area (TPSA) is 71.5 Å². The van der Waals surface area contributed by atoms with Crippen LogP contribution in [0.1, 0.15) is 50.2 Å². The Labute approximate surface area is 224 Å². The molecule has 0 heterocycles. The highest BCUT2D eigenvalue weighted by atomic mass is 32.3. The van der Waals surface area contributed by atoms with Crippen LogP contribution in [-0.2, 0) is 20.0 Å². The van der Waals surface area contributed by atoms with Gasteiger partial charge in [0, 0.05) is 0 Å². The number of unbranched alkanes of at least 4 members (excludes halogenated alkanes) is 3. The number of allylic oxidation sites excluding steroid dienone is 1. The van der Waals surface area contributed by atoms with Gasteiger partial charge in [-0.2, -0.15) is 3.71 Å². The van der Waals surface area contributed by atoms with E-state index in [4.69, 9.17) is 0 Å². The van der Waals surface area contributed by atoms with Gasteiger partial charge in [0.05, 0.1) is 21.1 Å². The molecule has 0 saturated carbocycles. The van der Waals surface area contributed by atoms with Crippen molar-refractivity contribution in [1.29, 1.82) is 0 Å². The van der Waals surface area contributed by atoms with Crippen molar-refractivity contribution in [2.75, 3.05) is 0 Å². The number of hydrogen-bond donors (Lipinski definition) is 0. The minimum atomic E-state index is -4.72. The van der Waals surface area contributed by atoms with Crippen LogP contribution in [0.3, 0.4) is 0 Å². The lowest BCUT2D eigenvalue weighted by Crippen LogP contribution is -2.36. The maximum absolute atomic E-state index is 14.4. The number of hydrogen-bond acceptors (Lipinski definition) is 4. The molecule has 9 heteroatoms. The second-order valence-corrected chi connectivity index (χ2v) is 12.6. The van der Waals surface area contributed by atoms with Crippen molar-refractivity contribution in [3.8, 4) is 0 Å².